The molecule has 2 aromatic rings. The molecule has 5 heteroatoms. The second kappa shape index (κ2) is 7.24. The third-order valence-electron chi connectivity index (χ3n) is 2.95. The van der Waals surface area contributed by atoms with E-state index in [-0.39, 0.29) is 24.1 Å². The smallest absolute Gasteiger partial charge is 0.234 e. The minimum atomic E-state index is -0.372. The van der Waals surface area contributed by atoms with E-state index in [9.17, 15) is 9.18 Å². The lowest BCUT2D eigenvalue weighted by Gasteiger charge is -2.08. The first-order valence-corrected chi connectivity index (χ1v) is 7.45. The maximum atomic E-state index is 13.1. The van der Waals surface area contributed by atoms with Gasteiger partial charge in [0.05, 0.1) is 12.4 Å². The van der Waals surface area contributed by atoms with Crippen molar-refractivity contribution < 1.29 is 14.3 Å². The summed E-state index contributed by atoms with van der Waals surface area (Å²) in [6, 6.07) is 11.7. The first-order valence-electron chi connectivity index (χ1n) is 6.47. The lowest BCUT2D eigenvalue weighted by Crippen LogP contribution is -2.15. The Hall–Kier alpha value is -1.85. The zero-order chi connectivity index (χ0) is 15.2. The van der Waals surface area contributed by atoms with Crippen LogP contribution in [-0.4, -0.2) is 16.8 Å². The fourth-order valence-corrected chi connectivity index (χ4v) is 2.45. The average Bonchev–Trinajstić information content (AvgIpc) is 2.49. The molecular weight excluding hydrogens is 289 g/mol. The minimum absolute atomic E-state index is 0.00425. The number of anilines is 1. The molecule has 2 N–H and O–H groups in total. The van der Waals surface area contributed by atoms with Gasteiger partial charge in [-0.3, -0.25) is 4.79 Å². The molecule has 0 fully saturated rings. The van der Waals surface area contributed by atoms with Crippen molar-refractivity contribution in [3.63, 3.8) is 0 Å². The van der Waals surface area contributed by atoms with Gasteiger partial charge in [0.2, 0.25) is 5.91 Å². The number of carbonyl (C=O) groups excluding carboxylic acids is 1. The number of aliphatic hydroxyl groups excluding tert-OH is 1. The van der Waals surface area contributed by atoms with E-state index in [0.717, 1.165) is 16.0 Å². The number of thioether (sulfide) groups is 1. The Labute approximate surface area is 127 Å². The van der Waals surface area contributed by atoms with E-state index in [4.69, 9.17) is 5.11 Å². The van der Waals surface area contributed by atoms with Crippen LogP contribution in [0, 0.1) is 12.7 Å². The second-order valence-corrected chi connectivity index (χ2v) is 5.65. The molecule has 2 aromatic carbocycles. The van der Waals surface area contributed by atoms with E-state index in [2.05, 4.69) is 5.32 Å². The predicted octanol–water partition coefficient (Wildman–Crippen LogP) is 3.36. The van der Waals surface area contributed by atoms with Gasteiger partial charge >= 0.3 is 0 Å². The zero-order valence-corrected chi connectivity index (χ0v) is 12.4. The first-order chi connectivity index (χ1) is 10.1. The third-order valence-corrected chi connectivity index (χ3v) is 3.96. The number of hydrogen-bond acceptors (Lipinski definition) is 3. The van der Waals surface area contributed by atoms with Crippen LogP contribution in [0.4, 0.5) is 10.1 Å². The number of amides is 1. The van der Waals surface area contributed by atoms with E-state index in [1.807, 2.05) is 31.2 Å². The van der Waals surface area contributed by atoms with E-state index in [1.165, 1.54) is 23.9 Å². The van der Waals surface area contributed by atoms with Crippen molar-refractivity contribution in [3.8, 4) is 0 Å². The van der Waals surface area contributed by atoms with Crippen molar-refractivity contribution in [2.45, 2.75) is 18.4 Å². The summed E-state index contributed by atoms with van der Waals surface area (Å²) in [5, 5.41) is 11.7. The van der Waals surface area contributed by atoms with E-state index in [0.29, 0.717) is 5.69 Å². The van der Waals surface area contributed by atoms with Gasteiger partial charge in [-0.25, -0.2) is 4.39 Å². The van der Waals surface area contributed by atoms with Gasteiger partial charge in [-0.15, -0.1) is 11.8 Å². The van der Waals surface area contributed by atoms with Crippen LogP contribution in [0.5, 0.6) is 0 Å². The summed E-state index contributed by atoms with van der Waals surface area (Å²) in [6.45, 7) is 1.82. The Morgan fingerprint density at radius 3 is 2.62 bits per heavy atom. The SMILES string of the molecule is Cc1ccc(F)cc1NC(=O)CSc1ccc(CO)cc1. The van der Waals surface area contributed by atoms with Crippen LogP contribution in [0.3, 0.4) is 0 Å². The highest BCUT2D eigenvalue weighted by atomic mass is 32.2. The van der Waals surface area contributed by atoms with Gasteiger partial charge in [0, 0.05) is 10.6 Å². The number of hydrogen-bond donors (Lipinski definition) is 2. The Morgan fingerprint density at radius 2 is 1.95 bits per heavy atom. The molecule has 0 aliphatic heterocycles. The highest BCUT2D eigenvalue weighted by molar-refractivity contribution is 8.00. The molecule has 0 saturated carbocycles. The van der Waals surface area contributed by atoms with Gasteiger partial charge in [-0.1, -0.05) is 18.2 Å². The average molecular weight is 305 g/mol. The normalized spacial score (nSPS) is 10.4. The number of rotatable bonds is 5. The number of aryl methyl sites for hydroxylation is 1. The Bertz CT molecular complexity index is 629. The Morgan fingerprint density at radius 1 is 1.24 bits per heavy atom. The molecule has 0 atom stereocenters. The van der Waals surface area contributed by atoms with Gasteiger partial charge in [0.1, 0.15) is 5.82 Å². The van der Waals surface area contributed by atoms with Crippen LogP contribution in [0.15, 0.2) is 47.4 Å². The van der Waals surface area contributed by atoms with E-state index >= 15 is 0 Å². The molecule has 3 nitrogen and oxygen atoms in total. The molecule has 0 heterocycles. The monoisotopic (exact) mass is 305 g/mol. The summed E-state index contributed by atoms with van der Waals surface area (Å²) >= 11 is 1.39. The Balaban J connectivity index is 1.91. The maximum absolute atomic E-state index is 13.1. The topological polar surface area (TPSA) is 49.3 Å². The van der Waals surface area contributed by atoms with Crippen molar-refractivity contribution in [1.82, 2.24) is 0 Å². The highest BCUT2D eigenvalue weighted by Gasteiger charge is 2.07. The summed E-state index contributed by atoms with van der Waals surface area (Å²) in [5.74, 6) is -0.308. The largest absolute Gasteiger partial charge is 0.392 e. The summed E-state index contributed by atoms with van der Waals surface area (Å²) in [4.78, 5) is 12.8. The summed E-state index contributed by atoms with van der Waals surface area (Å²) < 4.78 is 13.1. The molecule has 0 aromatic heterocycles. The number of nitrogens with one attached hydrogen (secondary N) is 1. The van der Waals surface area contributed by atoms with E-state index < -0.39 is 0 Å². The lowest BCUT2D eigenvalue weighted by atomic mass is 10.2. The number of carbonyl (C=O) groups is 1. The molecule has 0 aliphatic carbocycles. The van der Waals surface area contributed by atoms with Crippen molar-refractivity contribution >= 4 is 23.4 Å². The predicted molar refractivity (Wildman–Crippen MR) is 82.9 cm³/mol. The van der Waals surface area contributed by atoms with Crippen LogP contribution >= 0.6 is 11.8 Å². The van der Waals surface area contributed by atoms with Crippen LogP contribution in [-0.2, 0) is 11.4 Å². The maximum Gasteiger partial charge on any atom is 0.234 e. The molecule has 0 unspecified atom stereocenters. The summed E-state index contributed by atoms with van der Waals surface area (Å²) in [6.07, 6.45) is 0. The fraction of sp³-hybridized carbons (Fsp3) is 0.188. The molecule has 21 heavy (non-hydrogen) atoms. The number of halogens is 1. The van der Waals surface area contributed by atoms with Crippen LogP contribution in [0.25, 0.3) is 0 Å². The summed E-state index contributed by atoms with van der Waals surface area (Å²) in [5.41, 5.74) is 2.15. The van der Waals surface area contributed by atoms with Gasteiger partial charge in [-0.2, -0.15) is 0 Å². The molecule has 0 spiro atoms. The van der Waals surface area contributed by atoms with Gasteiger partial charge in [0.25, 0.3) is 0 Å². The molecule has 1 amide bonds. The molecule has 0 radical (unpaired) electrons. The molecule has 0 saturated heterocycles. The molecule has 0 aliphatic rings. The highest BCUT2D eigenvalue weighted by Crippen LogP contribution is 2.20. The van der Waals surface area contributed by atoms with Crippen LogP contribution in [0.1, 0.15) is 11.1 Å². The van der Waals surface area contributed by atoms with Crippen LogP contribution in [0.2, 0.25) is 0 Å². The van der Waals surface area contributed by atoms with Crippen molar-refractivity contribution in [2.24, 2.45) is 0 Å². The van der Waals surface area contributed by atoms with Gasteiger partial charge in [0.15, 0.2) is 0 Å². The van der Waals surface area contributed by atoms with Gasteiger partial charge < -0.3 is 10.4 Å². The molecule has 2 rings (SSSR count). The molecule has 110 valence electrons. The zero-order valence-electron chi connectivity index (χ0n) is 11.6. The minimum Gasteiger partial charge on any atom is -0.392 e. The fourth-order valence-electron chi connectivity index (χ4n) is 1.76. The van der Waals surface area contributed by atoms with Crippen molar-refractivity contribution in [3.05, 3.63) is 59.4 Å². The standard InChI is InChI=1S/C16H16FNO2S/c1-11-2-5-13(17)8-15(11)18-16(20)10-21-14-6-3-12(9-19)4-7-14/h2-8,19H,9-10H2,1H3,(H,18,20). The third kappa shape index (κ3) is 4.58. The number of benzene rings is 2. The lowest BCUT2D eigenvalue weighted by molar-refractivity contribution is -0.113. The molecule has 0 bridgehead atoms. The van der Waals surface area contributed by atoms with Crippen molar-refractivity contribution in [1.29, 1.82) is 0 Å². The second-order valence-electron chi connectivity index (χ2n) is 4.60. The van der Waals surface area contributed by atoms with Crippen molar-refractivity contribution in [2.75, 3.05) is 11.1 Å². The Kier molecular flexibility index (Phi) is 5.36. The van der Waals surface area contributed by atoms with Gasteiger partial charge in [-0.05, 0) is 42.3 Å². The molecular formula is C16H16FNO2S. The summed E-state index contributed by atoms with van der Waals surface area (Å²) in [7, 11) is 0. The first kappa shape index (κ1) is 15.5. The van der Waals surface area contributed by atoms with Crippen LogP contribution < -0.4 is 5.32 Å². The quantitative estimate of drug-likeness (QED) is 0.833. The number of aliphatic hydroxyl groups is 1. The van der Waals surface area contributed by atoms with E-state index in [1.54, 1.807) is 6.07 Å².